The minimum atomic E-state index is -0.245. The summed E-state index contributed by atoms with van der Waals surface area (Å²) in [4.78, 5) is 28.7. The molecular formula is C20H21N5O2S. The Morgan fingerprint density at radius 1 is 1.14 bits per heavy atom. The number of imidazole rings is 1. The number of thiophene rings is 1. The number of nitrogens with one attached hydrogen (secondary N) is 2. The van der Waals surface area contributed by atoms with Crippen LogP contribution in [0.4, 0.5) is 0 Å². The molecule has 0 fully saturated rings. The molecule has 0 aliphatic rings. The van der Waals surface area contributed by atoms with Gasteiger partial charge in [0.05, 0.1) is 34.1 Å². The molecular weight excluding hydrogens is 374 g/mol. The summed E-state index contributed by atoms with van der Waals surface area (Å²) >= 11 is 1.59. The summed E-state index contributed by atoms with van der Waals surface area (Å²) in [6.07, 6.45) is 2.60. The number of carbonyl (C=O) groups is 2. The molecule has 2 amide bonds. The first-order valence-corrected chi connectivity index (χ1v) is 9.99. The van der Waals surface area contributed by atoms with Gasteiger partial charge in [-0.05, 0) is 36.1 Å². The van der Waals surface area contributed by atoms with Gasteiger partial charge in [-0.3, -0.25) is 9.59 Å². The first-order chi connectivity index (χ1) is 13.6. The first-order valence-electron chi connectivity index (χ1n) is 9.11. The largest absolute Gasteiger partial charge is 0.355 e. The van der Waals surface area contributed by atoms with E-state index in [0.717, 1.165) is 34.2 Å². The van der Waals surface area contributed by atoms with Gasteiger partial charge < -0.3 is 19.8 Å². The molecule has 8 heteroatoms. The highest BCUT2D eigenvalue weighted by molar-refractivity contribution is 7.17. The highest BCUT2D eigenvalue weighted by Gasteiger charge is 2.14. The maximum absolute atomic E-state index is 12.3. The Balaban J connectivity index is 1.22. The summed E-state index contributed by atoms with van der Waals surface area (Å²) in [6.45, 7) is 1.28. The molecule has 3 aromatic heterocycles. The molecule has 0 spiro atoms. The molecule has 28 heavy (non-hydrogen) atoms. The number of benzene rings is 1. The third-order valence-electron chi connectivity index (χ3n) is 4.73. The van der Waals surface area contributed by atoms with Crippen LogP contribution in [0, 0.1) is 0 Å². The molecule has 0 aliphatic carbocycles. The van der Waals surface area contributed by atoms with Crippen molar-refractivity contribution >= 4 is 44.4 Å². The van der Waals surface area contributed by atoms with E-state index >= 15 is 0 Å². The molecule has 144 valence electrons. The van der Waals surface area contributed by atoms with Crippen LogP contribution in [0.15, 0.2) is 48.1 Å². The summed E-state index contributed by atoms with van der Waals surface area (Å²) < 4.78 is 4.97. The van der Waals surface area contributed by atoms with E-state index in [0.29, 0.717) is 12.2 Å². The first kappa shape index (κ1) is 18.2. The molecule has 4 rings (SSSR count). The number of hydrogen-bond donors (Lipinski definition) is 2. The van der Waals surface area contributed by atoms with Gasteiger partial charge >= 0.3 is 0 Å². The summed E-state index contributed by atoms with van der Waals surface area (Å²) in [7, 11) is 1.85. The van der Waals surface area contributed by atoms with Crippen molar-refractivity contribution in [2.75, 3.05) is 13.1 Å². The van der Waals surface area contributed by atoms with Crippen molar-refractivity contribution in [2.24, 2.45) is 7.05 Å². The van der Waals surface area contributed by atoms with Gasteiger partial charge in [0.15, 0.2) is 0 Å². The van der Waals surface area contributed by atoms with E-state index < -0.39 is 0 Å². The Labute approximate surface area is 166 Å². The molecule has 0 atom stereocenters. The van der Waals surface area contributed by atoms with Crippen LogP contribution in [-0.2, 0) is 18.4 Å². The molecule has 1 aromatic carbocycles. The number of nitrogens with zero attached hydrogens (tertiary/aromatic N) is 3. The number of hydrogen-bond acceptors (Lipinski definition) is 4. The zero-order valence-corrected chi connectivity index (χ0v) is 16.3. The van der Waals surface area contributed by atoms with Gasteiger partial charge in [0.2, 0.25) is 5.91 Å². The van der Waals surface area contributed by atoms with Crippen LogP contribution in [0.25, 0.3) is 21.3 Å². The molecule has 7 nitrogen and oxygen atoms in total. The van der Waals surface area contributed by atoms with E-state index in [-0.39, 0.29) is 18.4 Å². The highest BCUT2D eigenvalue weighted by Crippen LogP contribution is 2.23. The van der Waals surface area contributed by atoms with E-state index in [1.165, 1.54) is 0 Å². The van der Waals surface area contributed by atoms with E-state index in [1.54, 1.807) is 11.3 Å². The molecule has 0 radical (unpaired) electrons. The third-order valence-corrected chi connectivity index (χ3v) is 5.58. The monoisotopic (exact) mass is 395 g/mol. The van der Waals surface area contributed by atoms with Crippen LogP contribution in [0.5, 0.6) is 0 Å². The molecule has 0 saturated heterocycles. The molecule has 0 unspecified atom stereocenters. The molecule has 0 aliphatic heterocycles. The van der Waals surface area contributed by atoms with Crippen molar-refractivity contribution in [3.8, 4) is 0 Å². The second kappa shape index (κ2) is 7.85. The smallest absolute Gasteiger partial charge is 0.268 e. The second-order valence-electron chi connectivity index (χ2n) is 6.57. The Morgan fingerprint density at radius 2 is 2.00 bits per heavy atom. The molecule has 2 N–H and O–H groups in total. The van der Waals surface area contributed by atoms with Crippen molar-refractivity contribution in [1.29, 1.82) is 0 Å². The molecule has 0 saturated carbocycles. The quantitative estimate of drug-likeness (QED) is 0.472. The predicted molar refractivity (Wildman–Crippen MR) is 110 cm³/mol. The summed E-state index contributed by atoms with van der Waals surface area (Å²) in [5, 5.41) is 7.52. The van der Waals surface area contributed by atoms with Crippen molar-refractivity contribution in [2.45, 2.75) is 13.0 Å². The average Bonchev–Trinajstić information content (AvgIpc) is 3.40. The highest BCUT2D eigenvalue weighted by atomic mass is 32.1. The maximum Gasteiger partial charge on any atom is 0.268 e. The number of fused-ring (bicyclic) bond motifs is 2. The lowest BCUT2D eigenvalue weighted by atomic mass is 10.3. The third kappa shape index (κ3) is 3.63. The van der Waals surface area contributed by atoms with Gasteiger partial charge in [-0.15, -0.1) is 11.3 Å². The normalized spacial score (nSPS) is 11.2. The molecule has 4 aromatic rings. The Hall–Kier alpha value is -3.13. The Bertz CT molecular complexity index is 1140. The summed E-state index contributed by atoms with van der Waals surface area (Å²) in [6, 6.07) is 11.8. The lowest BCUT2D eigenvalue weighted by Crippen LogP contribution is -2.38. The van der Waals surface area contributed by atoms with Gasteiger partial charge in [0.1, 0.15) is 5.69 Å². The van der Waals surface area contributed by atoms with Crippen LogP contribution in [-0.4, -0.2) is 39.0 Å². The molecule has 0 bridgehead atoms. The van der Waals surface area contributed by atoms with Crippen LogP contribution >= 0.6 is 11.3 Å². The fourth-order valence-electron chi connectivity index (χ4n) is 3.25. The number of rotatable bonds is 7. The number of carbonyl (C=O) groups excluding carboxylic acids is 2. The SMILES string of the molecule is Cn1c(C(=O)NCC(=O)NCCCn2cnc3ccccc32)cc2sccc21. The van der Waals surface area contributed by atoms with E-state index in [4.69, 9.17) is 0 Å². The van der Waals surface area contributed by atoms with Crippen molar-refractivity contribution in [3.63, 3.8) is 0 Å². The fourth-order valence-corrected chi connectivity index (χ4v) is 4.10. The Kier molecular flexibility index (Phi) is 5.12. The molecule has 3 heterocycles. The lowest BCUT2D eigenvalue weighted by molar-refractivity contribution is -0.120. The number of aryl methyl sites for hydroxylation is 2. The lowest BCUT2D eigenvalue weighted by Gasteiger charge is -2.08. The van der Waals surface area contributed by atoms with Crippen molar-refractivity contribution in [3.05, 3.63) is 53.8 Å². The van der Waals surface area contributed by atoms with Crippen LogP contribution < -0.4 is 10.6 Å². The number of aromatic nitrogens is 3. The van der Waals surface area contributed by atoms with Crippen LogP contribution in [0.1, 0.15) is 16.9 Å². The topological polar surface area (TPSA) is 81.0 Å². The average molecular weight is 395 g/mol. The maximum atomic E-state index is 12.3. The second-order valence-corrected chi connectivity index (χ2v) is 7.52. The summed E-state index contributed by atoms with van der Waals surface area (Å²) in [5.74, 6) is -0.439. The van der Waals surface area contributed by atoms with Crippen LogP contribution in [0.3, 0.4) is 0 Å². The van der Waals surface area contributed by atoms with Gasteiger partial charge in [-0.2, -0.15) is 0 Å². The van der Waals surface area contributed by atoms with E-state index in [2.05, 4.69) is 20.2 Å². The summed E-state index contributed by atoms with van der Waals surface area (Å²) in [5.41, 5.74) is 3.63. The van der Waals surface area contributed by atoms with Crippen molar-refractivity contribution in [1.82, 2.24) is 24.8 Å². The number of para-hydroxylation sites is 2. The van der Waals surface area contributed by atoms with Gasteiger partial charge in [-0.1, -0.05) is 12.1 Å². The van der Waals surface area contributed by atoms with Crippen LogP contribution in [0.2, 0.25) is 0 Å². The fraction of sp³-hybridized carbons (Fsp3) is 0.250. The van der Waals surface area contributed by atoms with Gasteiger partial charge in [0, 0.05) is 20.1 Å². The minimum Gasteiger partial charge on any atom is -0.355 e. The number of amides is 2. The zero-order valence-electron chi connectivity index (χ0n) is 15.5. The van der Waals surface area contributed by atoms with Crippen molar-refractivity contribution < 1.29 is 9.59 Å². The van der Waals surface area contributed by atoms with Gasteiger partial charge in [0.25, 0.3) is 5.91 Å². The standard InChI is InChI=1S/C20H21N5O2S/c1-24-16-7-10-28-18(16)11-17(24)20(27)22-12-19(26)21-8-4-9-25-13-23-14-5-2-3-6-15(14)25/h2-3,5-7,10-11,13H,4,8-9,12H2,1H3,(H,21,26)(H,22,27). The van der Waals surface area contributed by atoms with E-state index in [1.807, 2.05) is 59.7 Å². The van der Waals surface area contributed by atoms with E-state index in [9.17, 15) is 9.59 Å². The zero-order chi connectivity index (χ0) is 19.5. The van der Waals surface area contributed by atoms with Gasteiger partial charge in [-0.25, -0.2) is 4.98 Å². The predicted octanol–water partition coefficient (Wildman–Crippen LogP) is 2.53. The Morgan fingerprint density at radius 3 is 2.86 bits per heavy atom. The minimum absolute atomic E-state index is 0.0360.